The molecule has 0 heterocycles. The highest BCUT2D eigenvalue weighted by molar-refractivity contribution is 6.79. The van der Waals surface area contributed by atoms with E-state index in [2.05, 4.69) is 20.8 Å². The average Bonchev–Trinajstić information content (AvgIpc) is 2.31. The van der Waals surface area contributed by atoms with E-state index in [1.165, 1.54) is 24.2 Å². The fraction of sp³-hybridized carbons (Fsp3) is 0.917. The number of hydrogen-bond donors (Lipinski definition) is 0. The van der Waals surface area contributed by atoms with E-state index < -0.39 is 14.2 Å². The Hall–Kier alpha value is -0.513. The zero-order valence-electron chi connectivity index (χ0n) is 11.2. The van der Waals surface area contributed by atoms with E-state index in [1.54, 1.807) is 6.92 Å². The van der Waals surface area contributed by atoms with Crippen LogP contribution in [-0.2, 0) is 9.47 Å². The Morgan fingerprint density at radius 2 is 1.56 bits per heavy atom. The van der Waals surface area contributed by atoms with Gasteiger partial charge in [-0.2, -0.15) is 0 Å². The zero-order valence-corrected chi connectivity index (χ0v) is 12.2. The van der Waals surface area contributed by atoms with Gasteiger partial charge in [0.25, 0.3) is 0 Å². The normalized spacial score (nSPS) is 11.2. The molecule has 0 rings (SSSR count). The minimum atomic E-state index is -1.04. The Balaban J connectivity index is 3.74. The van der Waals surface area contributed by atoms with Crippen LogP contribution in [0.15, 0.2) is 0 Å². The standard InChI is InChI=1S/C12H26O3Si/c1-5-14-12(13)15-10-9-11-16(6-2,7-3)8-4/h5-11H2,1-4H3. The van der Waals surface area contributed by atoms with Gasteiger partial charge in [0.15, 0.2) is 0 Å². The molecule has 0 aliphatic carbocycles. The van der Waals surface area contributed by atoms with Gasteiger partial charge in [0.1, 0.15) is 0 Å². The largest absolute Gasteiger partial charge is 0.508 e. The molecule has 0 saturated heterocycles. The first kappa shape index (κ1) is 15.5. The van der Waals surface area contributed by atoms with Crippen molar-refractivity contribution in [3.05, 3.63) is 0 Å². The second-order valence-corrected chi connectivity index (χ2v) is 9.82. The van der Waals surface area contributed by atoms with Gasteiger partial charge in [0, 0.05) is 0 Å². The Morgan fingerprint density at radius 1 is 1.00 bits per heavy atom. The summed E-state index contributed by atoms with van der Waals surface area (Å²) in [6.45, 7) is 9.57. The molecule has 0 N–H and O–H groups in total. The summed E-state index contributed by atoms with van der Waals surface area (Å²) in [6.07, 6.45) is 0.458. The van der Waals surface area contributed by atoms with E-state index in [4.69, 9.17) is 9.47 Å². The van der Waals surface area contributed by atoms with Crippen LogP contribution in [0.5, 0.6) is 0 Å². The highest BCUT2D eigenvalue weighted by Gasteiger charge is 2.25. The molecule has 0 spiro atoms. The summed E-state index contributed by atoms with van der Waals surface area (Å²) < 4.78 is 9.68. The highest BCUT2D eigenvalue weighted by Crippen LogP contribution is 2.26. The van der Waals surface area contributed by atoms with Gasteiger partial charge in [-0.1, -0.05) is 44.9 Å². The molecule has 0 unspecified atom stereocenters. The summed E-state index contributed by atoms with van der Waals surface area (Å²) in [5.74, 6) is 0. The number of carbonyl (C=O) groups excluding carboxylic acids is 1. The molecule has 0 aromatic carbocycles. The number of carbonyl (C=O) groups is 1. The number of rotatable bonds is 8. The topological polar surface area (TPSA) is 35.5 Å². The number of ether oxygens (including phenoxy) is 2. The molecular weight excluding hydrogens is 220 g/mol. The third-order valence-corrected chi connectivity index (χ3v) is 9.50. The van der Waals surface area contributed by atoms with E-state index in [9.17, 15) is 4.79 Å². The molecule has 4 heteroatoms. The van der Waals surface area contributed by atoms with Crippen LogP contribution < -0.4 is 0 Å². The van der Waals surface area contributed by atoms with Crippen molar-refractivity contribution in [2.45, 2.75) is 58.3 Å². The monoisotopic (exact) mass is 246 g/mol. The first-order chi connectivity index (χ1) is 7.64. The van der Waals surface area contributed by atoms with E-state index >= 15 is 0 Å². The molecule has 96 valence electrons. The van der Waals surface area contributed by atoms with Crippen LogP contribution >= 0.6 is 0 Å². The summed E-state index contributed by atoms with van der Waals surface area (Å²) >= 11 is 0. The fourth-order valence-electron chi connectivity index (χ4n) is 2.04. The van der Waals surface area contributed by atoms with Crippen molar-refractivity contribution in [3.8, 4) is 0 Å². The smallest absolute Gasteiger partial charge is 0.435 e. The highest BCUT2D eigenvalue weighted by atomic mass is 28.3. The third-order valence-electron chi connectivity index (χ3n) is 3.58. The summed E-state index contributed by atoms with van der Waals surface area (Å²) in [6, 6.07) is 5.26. The molecule has 0 aromatic rings. The molecular formula is C12H26O3Si. The van der Waals surface area contributed by atoms with Crippen LogP contribution in [0.25, 0.3) is 0 Å². The Labute approximate surface area is 101 Å². The van der Waals surface area contributed by atoms with Gasteiger partial charge in [-0.25, -0.2) is 4.79 Å². The summed E-state index contributed by atoms with van der Waals surface area (Å²) in [5, 5.41) is 0. The predicted octanol–water partition coefficient (Wildman–Crippen LogP) is 4.06. The molecule has 16 heavy (non-hydrogen) atoms. The van der Waals surface area contributed by atoms with Crippen molar-refractivity contribution in [3.63, 3.8) is 0 Å². The van der Waals surface area contributed by atoms with Gasteiger partial charge in [-0.3, -0.25) is 0 Å². The maximum absolute atomic E-state index is 10.9. The van der Waals surface area contributed by atoms with E-state index in [1.807, 2.05) is 0 Å². The Kier molecular flexibility index (Phi) is 8.34. The van der Waals surface area contributed by atoms with E-state index in [0.29, 0.717) is 13.2 Å². The fourth-order valence-corrected chi connectivity index (χ4v) is 5.50. The van der Waals surface area contributed by atoms with Gasteiger partial charge in [-0.05, 0) is 13.3 Å². The maximum Gasteiger partial charge on any atom is 0.508 e. The summed E-state index contributed by atoms with van der Waals surface area (Å²) in [5.41, 5.74) is 0. The molecule has 0 amide bonds. The molecule has 3 nitrogen and oxygen atoms in total. The van der Waals surface area contributed by atoms with Crippen molar-refractivity contribution in [1.82, 2.24) is 0 Å². The van der Waals surface area contributed by atoms with Crippen LogP contribution in [0.4, 0.5) is 4.79 Å². The van der Waals surface area contributed by atoms with E-state index in [0.717, 1.165) is 6.42 Å². The quantitative estimate of drug-likeness (QED) is 0.368. The zero-order chi connectivity index (χ0) is 12.4. The second-order valence-electron chi connectivity index (χ2n) is 4.20. The maximum atomic E-state index is 10.9. The lowest BCUT2D eigenvalue weighted by atomic mass is 10.5. The van der Waals surface area contributed by atoms with Crippen LogP contribution in [0.3, 0.4) is 0 Å². The lowest BCUT2D eigenvalue weighted by Crippen LogP contribution is -2.31. The van der Waals surface area contributed by atoms with Crippen molar-refractivity contribution in [2.75, 3.05) is 13.2 Å². The van der Waals surface area contributed by atoms with E-state index in [-0.39, 0.29) is 0 Å². The lowest BCUT2D eigenvalue weighted by molar-refractivity contribution is 0.0591. The molecule has 0 fully saturated rings. The van der Waals surface area contributed by atoms with Crippen LogP contribution in [0, 0.1) is 0 Å². The SMILES string of the molecule is CCOC(=O)OCCC[Si](CC)(CC)CC. The van der Waals surface area contributed by atoms with Crippen LogP contribution in [0.2, 0.25) is 24.2 Å². The van der Waals surface area contributed by atoms with Gasteiger partial charge < -0.3 is 9.47 Å². The van der Waals surface area contributed by atoms with Crippen molar-refractivity contribution in [2.24, 2.45) is 0 Å². The minimum absolute atomic E-state index is 0.385. The molecule has 0 aliphatic rings. The predicted molar refractivity (Wildman–Crippen MR) is 69.6 cm³/mol. The molecule has 0 radical (unpaired) electrons. The molecule has 0 atom stereocenters. The lowest BCUT2D eigenvalue weighted by Gasteiger charge is -2.27. The first-order valence-electron chi connectivity index (χ1n) is 6.43. The minimum Gasteiger partial charge on any atom is -0.435 e. The third kappa shape index (κ3) is 5.54. The summed E-state index contributed by atoms with van der Waals surface area (Å²) in [7, 11) is -1.04. The Bertz CT molecular complexity index is 182. The van der Waals surface area contributed by atoms with Gasteiger partial charge >= 0.3 is 6.16 Å². The second kappa shape index (κ2) is 8.62. The van der Waals surface area contributed by atoms with Crippen molar-refractivity contribution >= 4 is 14.2 Å². The van der Waals surface area contributed by atoms with Gasteiger partial charge in [0.2, 0.25) is 0 Å². The Morgan fingerprint density at radius 3 is 2.00 bits per heavy atom. The van der Waals surface area contributed by atoms with Crippen molar-refractivity contribution < 1.29 is 14.3 Å². The van der Waals surface area contributed by atoms with Gasteiger partial charge in [0.05, 0.1) is 21.3 Å². The molecule has 0 saturated carbocycles. The van der Waals surface area contributed by atoms with Gasteiger partial charge in [-0.15, -0.1) is 0 Å². The first-order valence-corrected chi connectivity index (χ1v) is 9.26. The number of hydrogen-bond acceptors (Lipinski definition) is 3. The van der Waals surface area contributed by atoms with Crippen molar-refractivity contribution in [1.29, 1.82) is 0 Å². The average molecular weight is 246 g/mol. The molecule has 0 aromatic heterocycles. The molecule has 0 aliphatic heterocycles. The molecule has 0 bridgehead atoms. The summed E-state index contributed by atoms with van der Waals surface area (Å²) in [4.78, 5) is 10.9. The van der Waals surface area contributed by atoms with Crippen LogP contribution in [0.1, 0.15) is 34.1 Å². The van der Waals surface area contributed by atoms with Crippen LogP contribution in [-0.4, -0.2) is 27.4 Å².